The monoisotopic (exact) mass is 793 g/mol. The highest BCUT2D eigenvalue weighted by Gasteiger charge is 2.61. The molecule has 2 fully saturated rings. The smallest absolute Gasteiger partial charge is 0.408 e. The Morgan fingerprint density at radius 3 is 2.56 bits per heavy atom. The van der Waals surface area contributed by atoms with Crippen molar-refractivity contribution < 1.29 is 38.6 Å². The molecule has 3 aliphatic rings. The van der Waals surface area contributed by atoms with Crippen LogP contribution < -0.4 is 15.4 Å². The molecule has 1 aliphatic carbocycles. The molecular weight excluding hydrogens is 747 g/mol. The second-order valence-electron chi connectivity index (χ2n) is 16.0. The number of carboxylic acids is 1. The minimum absolute atomic E-state index is 0.0312. The van der Waals surface area contributed by atoms with Crippen molar-refractivity contribution in [2.45, 2.75) is 101 Å². The van der Waals surface area contributed by atoms with Gasteiger partial charge in [0.1, 0.15) is 35.0 Å². The van der Waals surface area contributed by atoms with Gasteiger partial charge in [0, 0.05) is 24.3 Å². The van der Waals surface area contributed by atoms with E-state index in [1.54, 1.807) is 39.0 Å². The third-order valence-corrected chi connectivity index (χ3v) is 11.4. The van der Waals surface area contributed by atoms with Gasteiger partial charge < -0.3 is 30.1 Å². The van der Waals surface area contributed by atoms with Crippen molar-refractivity contribution in [2.75, 3.05) is 6.54 Å². The number of carbonyl (C=O) groups is 5. The summed E-state index contributed by atoms with van der Waals surface area (Å²) in [6.45, 7) is 5.16. The number of hydrogen-bond acceptors (Lipinski definition) is 10. The van der Waals surface area contributed by atoms with Crippen LogP contribution in [0.15, 0.2) is 78.2 Å². The van der Waals surface area contributed by atoms with Crippen LogP contribution >= 0.6 is 11.3 Å². The third kappa shape index (κ3) is 9.17. The Bertz CT molecular complexity index is 2190. The molecule has 2 aromatic heterocycles. The number of alkyl carbamates (subject to hydrolysis) is 1. The van der Waals surface area contributed by atoms with Gasteiger partial charge in [-0.2, -0.15) is 0 Å². The molecule has 57 heavy (non-hydrogen) atoms. The summed E-state index contributed by atoms with van der Waals surface area (Å²) in [5, 5.41) is 17.7. The maximum absolute atomic E-state index is 14.5. The van der Waals surface area contributed by atoms with Crippen molar-refractivity contribution in [3.8, 4) is 16.5 Å². The number of carboxylic acid groups (broad SMARTS) is 1. The van der Waals surface area contributed by atoms with E-state index in [-0.39, 0.29) is 43.4 Å². The second-order valence-corrected chi connectivity index (χ2v) is 16.9. The lowest BCUT2D eigenvalue weighted by atomic mass is 10.0. The summed E-state index contributed by atoms with van der Waals surface area (Å²) in [5.74, 6) is -2.50. The van der Waals surface area contributed by atoms with Crippen molar-refractivity contribution in [3.05, 3.63) is 89.3 Å². The summed E-state index contributed by atoms with van der Waals surface area (Å²) in [6, 6.07) is 16.3. The van der Waals surface area contributed by atoms with Crippen LogP contribution in [-0.4, -0.2) is 85.5 Å². The number of nitrogens with one attached hydrogen (secondary N) is 2. The molecule has 3 amide bonds. The van der Waals surface area contributed by atoms with Gasteiger partial charge in [-0.25, -0.2) is 19.6 Å². The first kappa shape index (κ1) is 39.6. The van der Waals surface area contributed by atoms with E-state index in [1.165, 1.54) is 16.2 Å². The first-order chi connectivity index (χ1) is 27.3. The summed E-state index contributed by atoms with van der Waals surface area (Å²) in [7, 11) is 0. The lowest BCUT2D eigenvalue weighted by Gasteiger charge is -2.30. The van der Waals surface area contributed by atoms with Crippen molar-refractivity contribution in [1.82, 2.24) is 25.5 Å². The highest BCUT2D eigenvalue weighted by atomic mass is 32.1. The number of aliphatic carboxylic acids is 1. The number of aromatic nitrogens is 2. The fourth-order valence-electron chi connectivity index (χ4n) is 7.51. The highest BCUT2D eigenvalue weighted by Crippen LogP contribution is 2.45. The van der Waals surface area contributed by atoms with Gasteiger partial charge in [0.25, 0.3) is 0 Å². The van der Waals surface area contributed by atoms with E-state index in [1.807, 2.05) is 60.0 Å². The Morgan fingerprint density at radius 2 is 1.82 bits per heavy atom. The SMILES string of the molecule is CC(C)(C)OC(=O)N[C@H]1CCCCC/C=C\C2CC2(C(=O)O)NC(=O)C2C[C@@H](Oc3nc4ccc(C(=O)Cc5ccccc5)cc4nc3-c3cccs3)CN2C1=O. The van der Waals surface area contributed by atoms with E-state index < -0.39 is 53.2 Å². The molecule has 2 aliphatic heterocycles. The number of rotatable bonds is 8. The quantitative estimate of drug-likeness (QED) is 0.132. The lowest BCUT2D eigenvalue weighted by molar-refractivity contribution is -0.145. The first-order valence-corrected chi connectivity index (χ1v) is 20.3. The fourth-order valence-corrected chi connectivity index (χ4v) is 8.21. The molecule has 3 N–H and O–H groups in total. The molecule has 14 heteroatoms. The molecule has 2 aromatic carbocycles. The molecule has 4 heterocycles. The standard InChI is InChI=1S/C43H47N5O8S/c1-42(2,3)56-41(54)46-31-16-11-6-4-5-10-15-28-24-43(28,40(52)53)47-37(50)33-23-29(25-48(33)39(31)51)55-38-36(35-17-12-20-57-35)44-32-22-27(18-19-30(32)45-38)34(49)21-26-13-8-7-9-14-26/h7-10,12-15,17-20,22,28-29,31,33H,4-6,11,16,21,23-25H2,1-3H3,(H,46,54)(H,47,50)(H,52,53)/b15-10-/t28?,29-,31+,33?,43?/m1/s1. The maximum Gasteiger partial charge on any atom is 0.408 e. The van der Waals surface area contributed by atoms with Crippen LogP contribution in [0.2, 0.25) is 0 Å². The summed E-state index contributed by atoms with van der Waals surface area (Å²) in [6.07, 6.45) is 6.08. The molecule has 13 nitrogen and oxygen atoms in total. The summed E-state index contributed by atoms with van der Waals surface area (Å²) in [4.78, 5) is 79.4. The van der Waals surface area contributed by atoms with Crippen LogP contribution in [0.4, 0.5) is 4.79 Å². The van der Waals surface area contributed by atoms with Crippen molar-refractivity contribution in [1.29, 1.82) is 0 Å². The molecule has 7 rings (SSSR count). The van der Waals surface area contributed by atoms with Gasteiger partial charge in [-0.05, 0) is 81.7 Å². The molecule has 298 valence electrons. The Kier molecular flexibility index (Phi) is 11.4. The van der Waals surface area contributed by atoms with Gasteiger partial charge in [-0.3, -0.25) is 14.4 Å². The third-order valence-electron chi connectivity index (χ3n) is 10.5. The predicted octanol–water partition coefficient (Wildman–Crippen LogP) is 6.51. The van der Waals surface area contributed by atoms with Crippen LogP contribution in [-0.2, 0) is 25.5 Å². The van der Waals surface area contributed by atoms with Crippen LogP contribution in [0.5, 0.6) is 5.88 Å². The Morgan fingerprint density at radius 1 is 1.02 bits per heavy atom. The Labute approximate surface area is 334 Å². The molecule has 0 spiro atoms. The number of ether oxygens (including phenoxy) is 2. The maximum atomic E-state index is 14.5. The Balaban J connectivity index is 1.19. The summed E-state index contributed by atoms with van der Waals surface area (Å²) >= 11 is 1.43. The largest absolute Gasteiger partial charge is 0.479 e. The normalized spacial score (nSPS) is 24.6. The van der Waals surface area contributed by atoms with Crippen LogP contribution in [0, 0.1) is 5.92 Å². The van der Waals surface area contributed by atoms with Gasteiger partial charge in [0.05, 0.1) is 22.5 Å². The number of Topliss-reactive ketones (excluding diaryl/α,β-unsaturated/α-hetero) is 1. The number of nitrogens with zero attached hydrogens (tertiary/aromatic N) is 3. The topological polar surface area (TPSA) is 177 Å². The van der Waals surface area contributed by atoms with E-state index >= 15 is 0 Å². The van der Waals surface area contributed by atoms with Crippen LogP contribution in [0.1, 0.15) is 81.6 Å². The van der Waals surface area contributed by atoms with E-state index in [0.717, 1.165) is 29.7 Å². The molecule has 5 atom stereocenters. The second kappa shape index (κ2) is 16.5. The average molecular weight is 794 g/mol. The molecule has 3 unspecified atom stereocenters. The first-order valence-electron chi connectivity index (χ1n) is 19.4. The van der Waals surface area contributed by atoms with Crippen molar-refractivity contribution >= 4 is 52.0 Å². The van der Waals surface area contributed by atoms with E-state index in [0.29, 0.717) is 35.1 Å². The zero-order valence-corrected chi connectivity index (χ0v) is 33.1. The lowest BCUT2D eigenvalue weighted by Crippen LogP contribution is -2.56. The van der Waals surface area contributed by atoms with Gasteiger partial charge >= 0.3 is 12.1 Å². The van der Waals surface area contributed by atoms with Gasteiger partial charge in [0.2, 0.25) is 17.7 Å². The molecule has 1 saturated heterocycles. The number of hydrogen-bond donors (Lipinski definition) is 3. The molecule has 0 radical (unpaired) electrons. The van der Waals surface area contributed by atoms with E-state index in [4.69, 9.17) is 19.4 Å². The number of amides is 3. The zero-order valence-electron chi connectivity index (χ0n) is 32.2. The van der Waals surface area contributed by atoms with E-state index in [9.17, 15) is 29.1 Å². The number of allylic oxidation sites excluding steroid dienone is 1. The highest BCUT2D eigenvalue weighted by molar-refractivity contribution is 7.13. The predicted molar refractivity (Wildman–Crippen MR) is 214 cm³/mol. The number of ketones is 1. The number of carbonyl (C=O) groups excluding carboxylic acids is 4. The molecule has 4 aromatic rings. The molecular formula is C43H47N5O8S. The Hall–Kier alpha value is -5.63. The van der Waals surface area contributed by atoms with Gasteiger partial charge in [0.15, 0.2) is 5.78 Å². The number of benzene rings is 2. The summed E-state index contributed by atoms with van der Waals surface area (Å²) in [5.41, 5.74) is 0.544. The minimum Gasteiger partial charge on any atom is -0.479 e. The van der Waals surface area contributed by atoms with Gasteiger partial charge in [-0.15, -0.1) is 11.3 Å². The average Bonchev–Trinajstić information content (AvgIpc) is 3.46. The van der Waals surface area contributed by atoms with Crippen molar-refractivity contribution in [3.63, 3.8) is 0 Å². The van der Waals surface area contributed by atoms with Crippen LogP contribution in [0.25, 0.3) is 21.6 Å². The van der Waals surface area contributed by atoms with E-state index in [2.05, 4.69) is 10.6 Å². The minimum atomic E-state index is -1.48. The van der Waals surface area contributed by atoms with Gasteiger partial charge in [-0.1, -0.05) is 61.4 Å². The van der Waals surface area contributed by atoms with Crippen molar-refractivity contribution in [2.24, 2.45) is 5.92 Å². The number of fused-ring (bicyclic) bond motifs is 3. The fraction of sp³-hybridized carbons (Fsp3) is 0.419. The van der Waals surface area contributed by atoms with Crippen LogP contribution in [0.3, 0.4) is 0 Å². The summed E-state index contributed by atoms with van der Waals surface area (Å²) < 4.78 is 12.1. The zero-order chi connectivity index (χ0) is 40.3. The molecule has 1 saturated carbocycles. The molecule has 0 bridgehead atoms. The number of thiophene rings is 1.